The molecule has 5 nitrogen and oxygen atoms in total. The normalized spacial score (nSPS) is 12.5. The number of ether oxygens (including phenoxy) is 1. The van der Waals surface area contributed by atoms with Crippen molar-refractivity contribution in [3.8, 4) is 0 Å². The van der Waals surface area contributed by atoms with E-state index in [0.29, 0.717) is 10.4 Å². The topological polar surface area (TPSA) is 63.7 Å². The number of hydrogen-bond acceptors (Lipinski definition) is 4. The molecule has 0 saturated carbocycles. The molecule has 0 amide bonds. The summed E-state index contributed by atoms with van der Waals surface area (Å²) >= 11 is 0. The first kappa shape index (κ1) is 16.4. The molecule has 0 spiro atoms. The fraction of sp³-hybridized carbons (Fsp3) is 0.364. The van der Waals surface area contributed by atoms with Crippen molar-refractivity contribution < 1.29 is 31.1 Å². The molecule has 0 aliphatic carbocycles. The van der Waals surface area contributed by atoms with Gasteiger partial charge in [0.25, 0.3) is 0 Å². The third-order valence-corrected chi connectivity index (χ3v) is 4.32. The van der Waals surface area contributed by atoms with E-state index in [4.69, 9.17) is 0 Å². The first-order chi connectivity index (χ1) is 9.10. The largest absolute Gasteiger partial charge is 0.468 e. The van der Waals surface area contributed by atoms with Gasteiger partial charge in [0.1, 0.15) is 6.54 Å². The molecule has 20 heavy (non-hydrogen) atoms. The van der Waals surface area contributed by atoms with Gasteiger partial charge in [-0.1, -0.05) is 12.1 Å². The Bertz CT molecular complexity index is 598. The molecule has 112 valence electrons. The molecule has 0 aliphatic rings. The predicted molar refractivity (Wildman–Crippen MR) is 63.3 cm³/mol. The second-order valence-electron chi connectivity index (χ2n) is 3.83. The van der Waals surface area contributed by atoms with Gasteiger partial charge in [0.15, 0.2) is 0 Å². The van der Waals surface area contributed by atoms with Gasteiger partial charge < -0.3 is 4.74 Å². The Labute approximate surface area is 114 Å². The lowest BCUT2D eigenvalue weighted by molar-refractivity contribution is -0.140. The van der Waals surface area contributed by atoms with E-state index < -0.39 is 39.2 Å². The lowest BCUT2D eigenvalue weighted by Gasteiger charge is -2.19. The number of hydrogen-bond donors (Lipinski definition) is 0. The van der Waals surface area contributed by atoms with Gasteiger partial charge in [-0.25, -0.2) is 8.42 Å². The zero-order valence-corrected chi connectivity index (χ0v) is 11.5. The van der Waals surface area contributed by atoms with E-state index in [1.165, 1.54) is 6.07 Å². The summed E-state index contributed by atoms with van der Waals surface area (Å²) in [6.45, 7) is -0.676. The molecule has 1 aromatic rings. The number of nitrogens with zero attached hydrogens (tertiary/aromatic N) is 1. The van der Waals surface area contributed by atoms with Gasteiger partial charge in [0.2, 0.25) is 10.0 Å². The summed E-state index contributed by atoms with van der Waals surface area (Å²) in [5.74, 6) is -0.874. The first-order valence-electron chi connectivity index (χ1n) is 5.30. The molecule has 0 atom stereocenters. The number of alkyl halides is 3. The van der Waals surface area contributed by atoms with Gasteiger partial charge in [-0.15, -0.1) is 0 Å². The highest BCUT2D eigenvalue weighted by atomic mass is 32.2. The van der Waals surface area contributed by atoms with Crippen LogP contribution in [0.1, 0.15) is 5.56 Å². The van der Waals surface area contributed by atoms with Crippen molar-refractivity contribution in [3.63, 3.8) is 0 Å². The number of carbonyl (C=O) groups excluding carboxylic acids is 1. The van der Waals surface area contributed by atoms with Gasteiger partial charge >= 0.3 is 12.1 Å². The lowest BCUT2D eigenvalue weighted by Crippen LogP contribution is -2.33. The summed E-state index contributed by atoms with van der Waals surface area (Å²) in [6.07, 6.45) is -4.81. The Morgan fingerprint density at radius 1 is 1.30 bits per heavy atom. The minimum Gasteiger partial charge on any atom is -0.468 e. The number of carbonyl (C=O) groups is 1. The van der Waals surface area contributed by atoms with Gasteiger partial charge in [0.05, 0.1) is 17.6 Å². The molecule has 1 rings (SSSR count). The summed E-state index contributed by atoms with van der Waals surface area (Å²) in [5, 5.41) is 0. The standard InChI is InChI=1S/C11H12F3NO4S/c1-15(7-10(16)19-2)20(17,18)9-6-4-3-5-8(9)11(12,13)14/h3-6H,7H2,1-2H3. The van der Waals surface area contributed by atoms with Crippen molar-refractivity contribution in [1.29, 1.82) is 0 Å². The van der Waals surface area contributed by atoms with Crippen LogP contribution in [0.5, 0.6) is 0 Å². The van der Waals surface area contributed by atoms with E-state index >= 15 is 0 Å². The zero-order chi connectivity index (χ0) is 15.6. The Morgan fingerprint density at radius 3 is 2.35 bits per heavy atom. The molecule has 0 N–H and O–H groups in total. The third kappa shape index (κ3) is 3.48. The van der Waals surface area contributed by atoms with E-state index in [1.54, 1.807) is 0 Å². The second kappa shape index (κ2) is 5.80. The summed E-state index contributed by atoms with van der Waals surface area (Å²) in [5.41, 5.74) is -1.28. The van der Waals surface area contributed by atoms with Crippen molar-refractivity contribution in [2.24, 2.45) is 0 Å². The van der Waals surface area contributed by atoms with Crippen LogP contribution in [0.25, 0.3) is 0 Å². The van der Waals surface area contributed by atoms with Gasteiger partial charge in [-0.05, 0) is 12.1 Å². The Balaban J connectivity index is 3.26. The summed E-state index contributed by atoms with van der Waals surface area (Å²) in [4.78, 5) is 10.1. The van der Waals surface area contributed by atoms with E-state index in [0.717, 1.165) is 26.3 Å². The highest BCUT2D eigenvalue weighted by molar-refractivity contribution is 7.89. The monoisotopic (exact) mass is 311 g/mol. The van der Waals surface area contributed by atoms with Crippen molar-refractivity contribution in [1.82, 2.24) is 4.31 Å². The molecule has 0 bridgehead atoms. The lowest BCUT2D eigenvalue weighted by atomic mass is 10.2. The van der Waals surface area contributed by atoms with Crippen LogP contribution in [-0.2, 0) is 25.7 Å². The molecule has 1 aromatic carbocycles. The molecule has 0 unspecified atom stereocenters. The number of methoxy groups -OCH3 is 1. The number of likely N-dealkylation sites (N-methyl/N-ethyl adjacent to an activating group) is 1. The molecule has 0 aromatic heterocycles. The van der Waals surface area contributed by atoms with Crippen LogP contribution in [0.3, 0.4) is 0 Å². The van der Waals surface area contributed by atoms with E-state index in [9.17, 15) is 26.4 Å². The van der Waals surface area contributed by atoms with Crippen LogP contribution >= 0.6 is 0 Å². The summed E-state index contributed by atoms with van der Waals surface area (Å²) in [7, 11) is -2.40. The number of halogens is 3. The second-order valence-corrected chi connectivity index (χ2v) is 5.84. The van der Waals surface area contributed by atoms with E-state index in [1.807, 2.05) is 0 Å². The number of esters is 1. The van der Waals surface area contributed by atoms with Gasteiger partial charge in [-0.2, -0.15) is 17.5 Å². The molecule has 0 heterocycles. The summed E-state index contributed by atoms with van der Waals surface area (Å²) in [6, 6.07) is 3.76. The molecular formula is C11H12F3NO4S. The first-order valence-corrected chi connectivity index (χ1v) is 6.74. The summed E-state index contributed by atoms with van der Waals surface area (Å²) < 4.78 is 67.3. The quantitative estimate of drug-likeness (QED) is 0.791. The zero-order valence-electron chi connectivity index (χ0n) is 10.6. The SMILES string of the molecule is COC(=O)CN(C)S(=O)(=O)c1ccccc1C(F)(F)F. The molecule has 0 fully saturated rings. The van der Waals surface area contributed by atoms with Crippen LogP contribution in [0, 0.1) is 0 Å². The fourth-order valence-electron chi connectivity index (χ4n) is 1.42. The highest BCUT2D eigenvalue weighted by Crippen LogP contribution is 2.34. The molecule has 0 aliphatic heterocycles. The van der Waals surface area contributed by atoms with E-state index in [-0.39, 0.29) is 0 Å². The van der Waals surface area contributed by atoms with Crippen molar-refractivity contribution in [2.45, 2.75) is 11.1 Å². The fourth-order valence-corrected chi connectivity index (χ4v) is 2.75. The molecule has 0 saturated heterocycles. The van der Waals surface area contributed by atoms with Crippen molar-refractivity contribution in [2.75, 3.05) is 20.7 Å². The third-order valence-electron chi connectivity index (χ3n) is 2.46. The maximum atomic E-state index is 12.8. The smallest absolute Gasteiger partial charge is 0.417 e. The maximum Gasteiger partial charge on any atom is 0.417 e. The Hall–Kier alpha value is -1.61. The minimum absolute atomic E-state index is 0.503. The predicted octanol–water partition coefficient (Wildman–Crippen LogP) is 1.50. The molecule has 0 radical (unpaired) electrons. The average Bonchev–Trinajstić information content (AvgIpc) is 2.37. The average molecular weight is 311 g/mol. The Kier molecular flexibility index (Phi) is 4.77. The molecule has 9 heteroatoms. The van der Waals surface area contributed by atoms with Crippen LogP contribution < -0.4 is 0 Å². The maximum absolute atomic E-state index is 12.8. The van der Waals surface area contributed by atoms with E-state index in [2.05, 4.69) is 4.74 Å². The van der Waals surface area contributed by atoms with Gasteiger partial charge in [-0.3, -0.25) is 4.79 Å². The number of rotatable bonds is 4. The van der Waals surface area contributed by atoms with Crippen LogP contribution in [0.15, 0.2) is 29.2 Å². The van der Waals surface area contributed by atoms with Crippen LogP contribution in [-0.4, -0.2) is 39.4 Å². The Morgan fingerprint density at radius 2 is 1.85 bits per heavy atom. The number of benzene rings is 1. The van der Waals surface area contributed by atoms with Crippen LogP contribution in [0.2, 0.25) is 0 Å². The van der Waals surface area contributed by atoms with Crippen molar-refractivity contribution in [3.05, 3.63) is 29.8 Å². The number of sulfonamides is 1. The molecular weight excluding hydrogens is 299 g/mol. The highest BCUT2D eigenvalue weighted by Gasteiger charge is 2.38. The van der Waals surface area contributed by atoms with Gasteiger partial charge in [0, 0.05) is 7.05 Å². The van der Waals surface area contributed by atoms with Crippen molar-refractivity contribution >= 4 is 16.0 Å². The van der Waals surface area contributed by atoms with Crippen LogP contribution in [0.4, 0.5) is 13.2 Å². The minimum atomic E-state index is -4.81.